The maximum absolute atomic E-state index is 12.5. The summed E-state index contributed by atoms with van der Waals surface area (Å²) in [6.07, 6.45) is 2.28. The fourth-order valence-electron chi connectivity index (χ4n) is 2.83. The van der Waals surface area contributed by atoms with Crippen molar-refractivity contribution in [3.63, 3.8) is 0 Å². The minimum atomic E-state index is -0.375. The molecular weight excluding hydrogens is 356 g/mol. The van der Waals surface area contributed by atoms with E-state index in [0.717, 1.165) is 16.9 Å². The minimum Gasteiger partial charge on any atom is -0.496 e. The lowest BCUT2D eigenvalue weighted by Crippen LogP contribution is -2.17. The van der Waals surface area contributed by atoms with E-state index in [4.69, 9.17) is 9.15 Å². The Morgan fingerprint density at radius 2 is 1.82 bits per heavy atom. The number of carbonyl (C=O) groups is 2. The molecular formula is C22H22N2O4. The van der Waals surface area contributed by atoms with Crippen molar-refractivity contribution in [2.45, 2.75) is 19.8 Å². The highest BCUT2D eigenvalue weighted by molar-refractivity contribution is 6.05. The standard InChI is InChI=1S/C22H22N2O4/c1-15-9-11-17(18(14-15)24-22(26)20-8-5-13-28-20)23-21(25)12-10-16-6-3-4-7-19(16)27-2/h3-9,11,13-14H,10,12H2,1-2H3,(H,23,25)(H,24,26). The van der Waals surface area contributed by atoms with Crippen LogP contribution in [-0.2, 0) is 11.2 Å². The van der Waals surface area contributed by atoms with Crippen molar-refractivity contribution in [2.24, 2.45) is 0 Å². The smallest absolute Gasteiger partial charge is 0.291 e. The molecule has 2 N–H and O–H groups in total. The zero-order valence-electron chi connectivity index (χ0n) is 15.8. The second-order valence-electron chi connectivity index (χ2n) is 6.34. The molecule has 0 aliphatic carbocycles. The Morgan fingerprint density at radius 1 is 1.00 bits per heavy atom. The molecule has 0 aliphatic heterocycles. The van der Waals surface area contributed by atoms with Crippen molar-refractivity contribution in [1.82, 2.24) is 0 Å². The zero-order chi connectivity index (χ0) is 19.9. The first-order valence-electron chi connectivity index (χ1n) is 8.94. The Kier molecular flexibility index (Phi) is 6.11. The van der Waals surface area contributed by atoms with Gasteiger partial charge in [0.1, 0.15) is 5.75 Å². The predicted octanol–water partition coefficient (Wildman–Crippen LogP) is 4.42. The molecule has 0 spiro atoms. The summed E-state index contributed by atoms with van der Waals surface area (Å²) < 4.78 is 10.4. The molecule has 0 saturated carbocycles. The number of hydrogen-bond donors (Lipinski definition) is 2. The molecule has 0 saturated heterocycles. The van der Waals surface area contributed by atoms with Crippen LogP contribution in [0, 0.1) is 6.92 Å². The maximum Gasteiger partial charge on any atom is 0.291 e. The van der Waals surface area contributed by atoms with Gasteiger partial charge in [-0.1, -0.05) is 24.3 Å². The van der Waals surface area contributed by atoms with Crippen LogP contribution < -0.4 is 15.4 Å². The number of para-hydroxylation sites is 1. The summed E-state index contributed by atoms with van der Waals surface area (Å²) in [7, 11) is 1.61. The third-order valence-electron chi connectivity index (χ3n) is 4.26. The third-order valence-corrected chi connectivity index (χ3v) is 4.26. The molecule has 3 aromatic rings. The maximum atomic E-state index is 12.5. The van der Waals surface area contributed by atoms with E-state index in [1.807, 2.05) is 37.3 Å². The number of nitrogens with one attached hydrogen (secondary N) is 2. The van der Waals surface area contributed by atoms with Gasteiger partial charge >= 0.3 is 0 Å². The van der Waals surface area contributed by atoms with E-state index in [2.05, 4.69) is 10.6 Å². The Labute approximate surface area is 163 Å². The van der Waals surface area contributed by atoms with E-state index < -0.39 is 0 Å². The fourth-order valence-corrected chi connectivity index (χ4v) is 2.83. The lowest BCUT2D eigenvalue weighted by Gasteiger charge is -2.13. The summed E-state index contributed by atoms with van der Waals surface area (Å²) in [5.74, 6) is 0.440. The largest absolute Gasteiger partial charge is 0.496 e. The van der Waals surface area contributed by atoms with Crippen molar-refractivity contribution < 1.29 is 18.7 Å². The van der Waals surface area contributed by atoms with Gasteiger partial charge in [-0.2, -0.15) is 0 Å². The van der Waals surface area contributed by atoms with Gasteiger partial charge in [0, 0.05) is 6.42 Å². The number of aryl methyl sites for hydroxylation is 2. The van der Waals surface area contributed by atoms with E-state index >= 15 is 0 Å². The molecule has 28 heavy (non-hydrogen) atoms. The molecule has 144 valence electrons. The summed E-state index contributed by atoms with van der Waals surface area (Å²) in [5, 5.41) is 5.65. The predicted molar refractivity (Wildman–Crippen MR) is 108 cm³/mol. The Balaban J connectivity index is 1.67. The van der Waals surface area contributed by atoms with Gasteiger partial charge < -0.3 is 19.8 Å². The van der Waals surface area contributed by atoms with Crippen LogP contribution in [0.2, 0.25) is 0 Å². The Bertz CT molecular complexity index is 964. The molecule has 6 heteroatoms. The molecule has 0 fully saturated rings. The van der Waals surface area contributed by atoms with Gasteiger partial charge in [0.2, 0.25) is 5.91 Å². The normalized spacial score (nSPS) is 10.4. The van der Waals surface area contributed by atoms with E-state index in [0.29, 0.717) is 24.2 Å². The number of carbonyl (C=O) groups excluding carboxylic acids is 2. The first kappa shape index (κ1) is 19.2. The summed E-state index contributed by atoms with van der Waals surface area (Å²) in [6, 6.07) is 16.3. The van der Waals surface area contributed by atoms with Crippen LogP contribution in [-0.4, -0.2) is 18.9 Å². The highest BCUT2D eigenvalue weighted by Crippen LogP contribution is 2.25. The SMILES string of the molecule is COc1ccccc1CCC(=O)Nc1ccc(C)cc1NC(=O)c1ccco1. The number of rotatable bonds is 7. The van der Waals surface area contributed by atoms with Crippen LogP contribution in [0.15, 0.2) is 65.3 Å². The van der Waals surface area contributed by atoms with Crippen molar-refractivity contribution >= 4 is 23.2 Å². The van der Waals surface area contributed by atoms with Gasteiger partial charge in [-0.3, -0.25) is 9.59 Å². The number of methoxy groups -OCH3 is 1. The molecule has 0 unspecified atom stereocenters. The van der Waals surface area contributed by atoms with Gasteiger partial charge in [-0.25, -0.2) is 0 Å². The number of anilines is 2. The number of furan rings is 1. The summed E-state index contributed by atoms with van der Waals surface area (Å²) in [4.78, 5) is 24.7. The lowest BCUT2D eigenvalue weighted by atomic mass is 10.1. The second-order valence-corrected chi connectivity index (χ2v) is 6.34. The number of benzene rings is 2. The van der Waals surface area contributed by atoms with Gasteiger partial charge in [0.25, 0.3) is 5.91 Å². The van der Waals surface area contributed by atoms with E-state index in [1.165, 1.54) is 6.26 Å². The van der Waals surface area contributed by atoms with Gasteiger partial charge in [-0.05, 0) is 54.8 Å². The van der Waals surface area contributed by atoms with E-state index in [1.54, 1.807) is 31.4 Å². The number of ether oxygens (including phenoxy) is 1. The average molecular weight is 378 g/mol. The molecule has 0 radical (unpaired) electrons. The number of hydrogen-bond acceptors (Lipinski definition) is 4. The fraction of sp³-hybridized carbons (Fsp3) is 0.182. The zero-order valence-corrected chi connectivity index (χ0v) is 15.8. The topological polar surface area (TPSA) is 80.6 Å². The van der Waals surface area contributed by atoms with Crippen LogP contribution in [0.1, 0.15) is 28.1 Å². The molecule has 1 aromatic heterocycles. The van der Waals surface area contributed by atoms with Gasteiger partial charge in [-0.15, -0.1) is 0 Å². The van der Waals surface area contributed by atoms with E-state index in [9.17, 15) is 9.59 Å². The summed E-state index contributed by atoms with van der Waals surface area (Å²) in [6.45, 7) is 1.91. The number of amides is 2. The Morgan fingerprint density at radius 3 is 2.57 bits per heavy atom. The van der Waals surface area contributed by atoms with Crippen LogP contribution in [0.3, 0.4) is 0 Å². The molecule has 0 atom stereocenters. The van der Waals surface area contributed by atoms with Crippen molar-refractivity contribution in [2.75, 3.05) is 17.7 Å². The monoisotopic (exact) mass is 378 g/mol. The highest BCUT2D eigenvalue weighted by Gasteiger charge is 2.14. The molecule has 2 aromatic carbocycles. The van der Waals surface area contributed by atoms with Crippen LogP contribution >= 0.6 is 0 Å². The van der Waals surface area contributed by atoms with Crippen molar-refractivity contribution in [3.05, 3.63) is 77.7 Å². The van der Waals surface area contributed by atoms with Crippen molar-refractivity contribution in [1.29, 1.82) is 0 Å². The quantitative estimate of drug-likeness (QED) is 0.638. The van der Waals surface area contributed by atoms with Crippen LogP contribution in [0.5, 0.6) is 5.75 Å². The van der Waals surface area contributed by atoms with Gasteiger partial charge in [0.15, 0.2) is 5.76 Å². The lowest BCUT2D eigenvalue weighted by molar-refractivity contribution is -0.116. The third kappa shape index (κ3) is 4.79. The molecule has 0 aliphatic rings. The average Bonchev–Trinajstić information content (AvgIpc) is 3.23. The summed E-state index contributed by atoms with van der Waals surface area (Å²) in [5.41, 5.74) is 2.99. The van der Waals surface area contributed by atoms with Crippen LogP contribution in [0.4, 0.5) is 11.4 Å². The minimum absolute atomic E-state index is 0.150. The molecule has 2 amide bonds. The molecule has 1 heterocycles. The molecule has 3 rings (SSSR count). The molecule has 6 nitrogen and oxygen atoms in total. The van der Waals surface area contributed by atoms with E-state index in [-0.39, 0.29) is 17.6 Å². The summed E-state index contributed by atoms with van der Waals surface area (Å²) >= 11 is 0. The van der Waals surface area contributed by atoms with Gasteiger partial charge in [0.05, 0.1) is 24.7 Å². The second kappa shape index (κ2) is 8.90. The Hall–Kier alpha value is -3.54. The first-order chi connectivity index (χ1) is 13.6. The first-order valence-corrected chi connectivity index (χ1v) is 8.94. The highest BCUT2D eigenvalue weighted by atomic mass is 16.5. The van der Waals surface area contributed by atoms with Crippen LogP contribution in [0.25, 0.3) is 0 Å². The van der Waals surface area contributed by atoms with Crippen molar-refractivity contribution in [3.8, 4) is 5.75 Å². The molecule has 0 bridgehead atoms.